The summed E-state index contributed by atoms with van der Waals surface area (Å²) in [4.78, 5) is 14.4. The molecule has 18 heavy (non-hydrogen) atoms. The molecule has 0 unspecified atom stereocenters. The van der Waals surface area contributed by atoms with Crippen molar-refractivity contribution in [2.45, 2.75) is 0 Å². The van der Waals surface area contributed by atoms with Crippen molar-refractivity contribution in [2.24, 2.45) is 0 Å². The van der Waals surface area contributed by atoms with Crippen molar-refractivity contribution in [1.82, 2.24) is 10.1 Å². The van der Waals surface area contributed by atoms with Gasteiger partial charge in [0.25, 0.3) is 0 Å². The average molecular weight is 242 g/mol. The lowest BCUT2D eigenvalue weighted by molar-refractivity contribution is 0.0554. The Bertz CT molecular complexity index is 712. The molecule has 3 rings (SSSR count). The van der Waals surface area contributed by atoms with Gasteiger partial charge in [-0.1, -0.05) is 23.4 Å². The van der Waals surface area contributed by atoms with E-state index >= 15 is 0 Å². The zero-order valence-corrected chi connectivity index (χ0v) is 9.64. The van der Waals surface area contributed by atoms with E-state index in [0.717, 1.165) is 16.5 Å². The van der Waals surface area contributed by atoms with E-state index in [1.54, 1.807) is 6.07 Å². The van der Waals surface area contributed by atoms with Gasteiger partial charge in [0, 0.05) is 28.7 Å². The summed E-state index contributed by atoms with van der Waals surface area (Å²) in [6.07, 6.45) is 1.84. The third-order valence-electron chi connectivity index (χ3n) is 2.76. The van der Waals surface area contributed by atoms with Gasteiger partial charge in [0.05, 0.1) is 7.11 Å². The first-order chi connectivity index (χ1) is 8.79. The molecule has 0 bridgehead atoms. The minimum Gasteiger partial charge on any atom is -0.463 e. The smallest absolute Gasteiger partial charge is 0.376 e. The van der Waals surface area contributed by atoms with Crippen LogP contribution in [0.1, 0.15) is 10.6 Å². The lowest BCUT2D eigenvalue weighted by atomic mass is 10.1. The van der Waals surface area contributed by atoms with E-state index in [0.29, 0.717) is 5.69 Å². The molecule has 0 aliphatic carbocycles. The summed E-state index contributed by atoms with van der Waals surface area (Å²) >= 11 is 0. The molecule has 5 heteroatoms. The number of rotatable bonds is 2. The predicted octanol–water partition coefficient (Wildman–Crippen LogP) is 2.61. The minimum absolute atomic E-state index is 0.0952. The molecule has 0 atom stereocenters. The number of esters is 1. The minimum atomic E-state index is -0.534. The lowest BCUT2D eigenvalue weighted by Crippen LogP contribution is -1.98. The standard InChI is InChI=1S/C13H10N2O3/c1-17-13(16)12-6-11(15-18-12)9-7-14-10-5-3-2-4-8(9)10/h2-7,14H,1H3. The van der Waals surface area contributed by atoms with E-state index in [9.17, 15) is 4.79 Å². The van der Waals surface area contributed by atoms with Crippen molar-refractivity contribution in [1.29, 1.82) is 0 Å². The van der Waals surface area contributed by atoms with Crippen LogP contribution in [0, 0.1) is 0 Å². The molecule has 90 valence electrons. The molecule has 0 aliphatic heterocycles. The van der Waals surface area contributed by atoms with Gasteiger partial charge in [0.15, 0.2) is 0 Å². The first-order valence-corrected chi connectivity index (χ1v) is 5.41. The van der Waals surface area contributed by atoms with Crippen LogP contribution in [-0.2, 0) is 4.74 Å². The van der Waals surface area contributed by atoms with Crippen LogP contribution < -0.4 is 0 Å². The molecule has 1 N–H and O–H groups in total. The molecule has 3 aromatic rings. The van der Waals surface area contributed by atoms with Gasteiger partial charge < -0.3 is 14.2 Å². The van der Waals surface area contributed by atoms with Gasteiger partial charge in [-0.25, -0.2) is 4.79 Å². The van der Waals surface area contributed by atoms with Gasteiger partial charge >= 0.3 is 5.97 Å². The zero-order chi connectivity index (χ0) is 12.5. The van der Waals surface area contributed by atoms with Gasteiger partial charge in [-0.2, -0.15) is 0 Å². The van der Waals surface area contributed by atoms with Crippen LogP contribution in [0.5, 0.6) is 0 Å². The Morgan fingerprint density at radius 2 is 2.22 bits per heavy atom. The van der Waals surface area contributed by atoms with Crippen LogP contribution in [0.2, 0.25) is 0 Å². The van der Waals surface area contributed by atoms with Crippen LogP contribution in [0.15, 0.2) is 41.1 Å². The molecular formula is C13H10N2O3. The molecule has 2 heterocycles. The number of aromatic amines is 1. The molecule has 1 aromatic carbocycles. The summed E-state index contributed by atoms with van der Waals surface area (Å²) in [5.74, 6) is -0.439. The van der Waals surface area contributed by atoms with Crippen LogP contribution in [0.25, 0.3) is 22.2 Å². The monoisotopic (exact) mass is 242 g/mol. The fourth-order valence-electron chi connectivity index (χ4n) is 1.88. The van der Waals surface area contributed by atoms with Crippen molar-refractivity contribution >= 4 is 16.9 Å². The van der Waals surface area contributed by atoms with Crippen molar-refractivity contribution in [2.75, 3.05) is 7.11 Å². The van der Waals surface area contributed by atoms with E-state index in [1.807, 2.05) is 30.5 Å². The number of aromatic nitrogens is 2. The van der Waals surface area contributed by atoms with E-state index in [-0.39, 0.29) is 5.76 Å². The molecular weight excluding hydrogens is 232 g/mol. The first-order valence-electron chi connectivity index (χ1n) is 5.41. The van der Waals surface area contributed by atoms with Gasteiger partial charge in [0.1, 0.15) is 5.69 Å². The van der Waals surface area contributed by atoms with Gasteiger partial charge in [-0.15, -0.1) is 0 Å². The SMILES string of the molecule is COC(=O)c1cc(-c2c[nH]c3ccccc23)no1. The van der Waals surface area contributed by atoms with Gasteiger partial charge in [-0.05, 0) is 6.07 Å². The number of ether oxygens (including phenoxy) is 1. The number of hydrogen-bond donors (Lipinski definition) is 1. The predicted molar refractivity (Wildman–Crippen MR) is 65.1 cm³/mol. The number of methoxy groups -OCH3 is 1. The summed E-state index contributed by atoms with van der Waals surface area (Å²) in [7, 11) is 1.30. The topological polar surface area (TPSA) is 68.1 Å². The molecule has 0 spiro atoms. The highest BCUT2D eigenvalue weighted by atomic mass is 16.5. The molecule has 0 fully saturated rings. The largest absolute Gasteiger partial charge is 0.463 e. The van der Waals surface area contributed by atoms with Crippen molar-refractivity contribution in [3.8, 4) is 11.3 Å². The summed E-state index contributed by atoms with van der Waals surface area (Å²) in [6.45, 7) is 0. The number of para-hydroxylation sites is 1. The zero-order valence-electron chi connectivity index (χ0n) is 9.64. The Balaban J connectivity index is 2.09. The number of H-pyrrole nitrogens is 1. The molecule has 0 radical (unpaired) electrons. The third kappa shape index (κ3) is 1.57. The highest BCUT2D eigenvalue weighted by Gasteiger charge is 2.16. The highest BCUT2D eigenvalue weighted by molar-refractivity contribution is 5.95. The molecule has 0 saturated carbocycles. The highest BCUT2D eigenvalue weighted by Crippen LogP contribution is 2.28. The summed E-state index contributed by atoms with van der Waals surface area (Å²) < 4.78 is 9.53. The molecule has 0 aliphatic rings. The average Bonchev–Trinajstić information content (AvgIpc) is 3.03. The van der Waals surface area contributed by atoms with Crippen LogP contribution in [0.3, 0.4) is 0 Å². The molecule has 2 aromatic heterocycles. The van der Waals surface area contributed by atoms with Crippen LogP contribution in [-0.4, -0.2) is 23.2 Å². The molecule has 5 nitrogen and oxygen atoms in total. The van der Waals surface area contributed by atoms with Gasteiger partial charge in [0.2, 0.25) is 5.76 Å². The van der Waals surface area contributed by atoms with Crippen LogP contribution >= 0.6 is 0 Å². The van der Waals surface area contributed by atoms with Crippen LogP contribution in [0.4, 0.5) is 0 Å². The van der Waals surface area contributed by atoms with E-state index in [1.165, 1.54) is 7.11 Å². The second-order valence-corrected chi connectivity index (χ2v) is 3.82. The normalized spacial score (nSPS) is 10.7. The van der Waals surface area contributed by atoms with Crippen molar-refractivity contribution in [3.63, 3.8) is 0 Å². The first kappa shape index (κ1) is 10.6. The summed E-state index contributed by atoms with van der Waals surface area (Å²) in [6, 6.07) is 9.42. The lowest BCUT2D eigenvalue weighted by Gasteiger charge is -1.91. The Labute approximate surface area is 102 Å². The maximum Gasteiger partial charge on any atom is 0.376 e. The Morgan fingerprint density at radius 3 is 3.06 bits per heavy atom. The Morgan fingerprint density at radius 1 is 1.39 bits per heavy atom. The van der Waals surface area contributed by atoms with E-state index < -0.39 is 5.97 Å². The van der Waals surface area contributed by atoms with E-state index in [4.69, 9.17) is 4.52 Å². The Hall–Kier alpha value is -2.56. The quantitative estimate of drug-likeness (QED) is 0.701. The fourth-order valence-corrected chi connectivity index (χ4v) is 1.88. The van der Waals surface area contributed by atoms with Gasteiger partial charge in [-0.3, -0.25) is 0 Å². The van der Waals surface area contributed by atoms with Crippen molar-refractivity contribution in [3.05, 3.63) is 42.3 Å². The number of nitrogens with zero attached hydrogens (tertiary/aromatic N) is 1. The maximum absolute atomic E-state index is 11.3. The number of benzene rings is 1. The molecule has 0 saturated heterocycles. The van der Waals surface area contributed by atoms with Crippen molar-refractivity contribution < 1.29 is 14.1 Å². The maximum atomic E-state index is 11.3. The molecule has 0 amide bonds. The van der Waals surface area contributed by atoms with E-state index in [2.05, 4.69) is 14.9 Å². The number of nitrogens with one attached hydrogen (secondary N) is 1. The third-order valence-corrected chi connectivity index (χ3v) is 2.76. The summed E-state index contributed by atoms with van der Waals surface area (Å²) in [5, 5.41) is 4.91. The summed E-state index contributed by atoms with van der Waals surface area (Å²) in [5.41, 5.74) is 2.51. The second-order valence-electron chi connectivity index (χ2n) is 3.82. The number of hydrogen-bond acceptors (Lipinski definition) is 4. The number of fused-ring (bicyclic) bond motifs is 1. The number of carbonyl (C=O) groups is 1. The Kier molecular flexibility index (Phi) is 2.37. The second kappa shape index (κ2) is 4.03. The number of carbonyl (C=O) groups excluding carboxylic acids is 1. The fraction of sp³-hybridized carbons (Fsp3) is 0.0769.